The zero-order chi connectivity index (χ0) is 23.4. The molecule has 0 fully saturated rings. The number of anilines is 1. The van der Waals surface area contributed by atoms with Crippen LogP contribution in [0.5, 0.6) is 11.5 Å². The number of imide groups is 1. The lowest BCUT2D eigenvalue weighted by Crippen LogP contribution is -2.30. The lowest BCUT2D eigenvalue weighted by atomic mass is 10.1. The third-order valence-corrected chi connectivity index (χ3v) is 4.82. The minimum absolute atomic E-state index is 0.00951. The summed E-state index contributed by atoms with van der Waals surface area (Å²) in [4.78, 5) is 26.2. The molecule has 0 spiro atoms. The number of rotatable bonds is 3. The first kappa shape index (κ1) is 21.4. The largest absolute Gasteiger partial charge is 0.448 e. The van der Waals surface area contributed by atoms with Crippen molar-refractivity contribution in [1.82, 2.24) is 0 Å². The van der Waals surface area contributed by atoms with E-state index in [0.29, 0.717) is 0 Å². The summed E-state index contributed by atoms with van der Waals surface area (Å²) in [6.45, 7) is 1.39. The number of nitrogens with zero attached hydrogens (tertiary/aromatic N) is 1. The first-order valence-corrected chi connectivity index (χ1v) is 9.01. The fraction of sp³-hybridized carbons (Fsp3) is 0.0909. The predicted octanol–water partition coefficient (Wildman–Crippen LogP) is 6.02. The Morgan fingerprint density at radius 2 is 1.34 bits per heavy atom. The average Bonchev–Trinajstić information content (AvgIpc) is 2.96. The van der Waals surface area contributed by atoms with Crippen LogP contribution in [0.3, 0.4) is 0 Å². The molecule has 0 saturated carbocycles. The molecular weight excluding hydrogens is 440 g/mol. The van der Waals surface area contributed by atoms with E-state index in [-0.39, 0.29) is 34.5 Å². The summed E-state index contributed by atoms with van der Waals surface area (Å²) in [5.41, 5.74) is -1.33. The number of hydrogen-bond donors (Lipinski definition) is 0. The van der Waals surface area contributed by atoms with E-state index >= 15 is 0 Å². The van der Waals surface area contributed by atoms with E-state index in [1.807, 2.05) is 0 Å². The molecule has 1 aliphatic rings. The van der Waals surface area contributed by atoms with Gasteiger partial charge in [0.2, 0.25) is 0 Å². The Hall–Kier alpha value is -3.82. The second-order valence-electron chi connectivity index (χ2n) is 6.93. The minimum Gasteiger partial charge on any atom is -0.448 e. The summed E-state index contributed by atoms with van der Waals surface area (Å²) in [6.07, 6.45) is -5.01. The Balaban J connectivity index is 1.76. The SMILES string of the molecule is Cc1cc(F)c(Oc2c(F)cc(C(F)(F)F)cc2F)cc1N1C(=O)c2ccccc2C1=O. The number of carbonyl (C=O) groups excluding carboxylic acids is 2. The van der Waals surface area contributed by atoms with Crippen LogP contribution in [0.15, 0.2) is 48.5 Å². The van der Waals surface area contributed by atoms with Gasteiger partial charge < -0.3 is 4.74 Å². The molecule has 0 aliphatic carbocycles. The molecule has 1 aliphatic heterocycles. The van der Waals surface area contributed by atoms with Crippen LogP contribution in [0, 0.1) is 24.4 Å². The summed E-state index contributed by atoms with van der Waals surface area (Å²) in [5, 5.41) is 0. The minimum atomic E-state index is -5.01. The number of halogens is 6. The molecule has 0 N–H and O–H groups in total. The van der Waals surface area contributed by atoms with Gasteiger partial charge in [0, 0.05) is 6.07 Å². The van der Waals surface area contributed by atoms with E-state index in [9.17, 15) is 35.9 Å². The van der Waals surface area contributed by atoms with Gasteiger partial charge >= 0.3 is 6.18 Å². The van der Waals surface area contributed by atoms with Crippen LogP contribution < -0.4 is 9.64 Å². The molecule has 1 heterocycles. The number of ether oxygens (including phenoxy) is 1. The molecule has 0 atom stereocenters. The molecule has 0 radical (unpaired) electrons. The Morgan fingerprint density at radius 3 is 1.84 bits per heavy atom. The van der Waals surface area contributed by atoms with Gasteiger partial charge in [0.1, 0.15) is 0 Å². The van der Waals surface area contributed by atoms with E-state index in [4.69, 9.17) is 4.74 Å². The normalized spacial score (nSPS) is 13.5. The fourth-order valence-corrected chi connectivity index (χ4v) is 3.30. The maximum Gasteiger partial charge on any atom is 0.416 e. The molecule has 4 rings (SSSR count). The Morgan fingerprint density at radius 1 is 0.812 bits per heavy atom. The maximum atomic E-state index is 14.5. The maximum absolute atomic E-state index is 14.5. The van der Waals surface area contributed by atoms with Crippen molar-refractivity contribution in [3.8, 4) is 11.5 Å². The molecule has 4 nitrogen and oxygen atoms in total. The first-order valence-electron chi connectivity index (χ1n) is 9.01. The first-order chi connectivity index (χ1) is 15.0. The Labute approximate surface area is 176 Å². The number of benzene rings is 3. The van der Waals surface area contributed by atoms with Crippen LogP contribution in [-0.4, -0.2) is 11.8 Å². The van der Waals surface area contributed by atoms with Gasteiger partial charge in [-0.25, -0.2) is 18.1 Å². The molecule has 10 heteroatoms. The van der Waals surface area contributed by atoms with Gasteiger partial charge in [-0.15, -0.1) is 0 Å². The topological polar surface area (TPSA) is 46.6 Å². The summed E-state index contributed by atoms with van der Waals surface area (Å²) < 4.78 is 85.8. The van der Waals surface area contributed by atoms with E-state index in [0.717, 1.165) is 17.0 Å². The summed E-state index contributed by atoms with van der Waals surface area (Å²) in [5.74, 6) is -7.98. The van der Waals surface area contributed by atoms with E-state index in [1.54, 1.807) is 12.1 Å². The Kier molecular flexibility index (Phi) is 4.95. The highest BCUT2D eigenvalue weighted by molar-refractivity contribution is 6.34. The number of carbonyl (C=O) groups is 2. The van der Waals surface area contributed by atoms with Gasteiger partial charge in [0.05, 0.1) is 22.4 Å². The Bertz CT molecular complexity index is 1230. The highest BCUT2D eigenvalue weighted by Crippen LogP contribution is 2.39. The van der Waals surface area contributed by atoms with Gasteiger partial charge in [-0.3, -0.25) is 9.59 Å². The van der Waals surface area contributed by atoms with E-state index in [2.05, 4.69) is 0 Å². The third kappa shape index (κ3) is 3.47. The zero-order valence-corrected chi connectivity index (χ0v) is 16.1. The zero-order valence-electron chi connectivity index (χ0n) is 16.1. The number of alkyl halides is 3. The van der Waals surface area contributed by atoms with Crippen molar-refractivity contribution in [2.75, 3.05) is 4.90 Å². The van der Waals surface area contributed by atoms with Gasteiger partial charge in [-0.2, -0.15) is 13.2 Å². The van der Waals surface area contributed by atoms with Crippen LogP contribution >= 0.6 is 0 Å². The van der Waals surface area contributed by atoms with Crippen LogP contribution in [-0.2, 0) is 6.18 Å². The van der Waals surface area contributed by atoms with Crippen molar-refractivity contribution in [1.29, 1.82) is 0 Å². The quantitative estimate of drug-likeness (QED) is 0.361. The number of aryl methyl sites for hydroxylation is 1. The molecule has 0 unspecified atom stereocenters. The molecular formula is C22H11F6NO3. The smallest absolute Gasteiger partial charge is 0.416 e. The predicted molar refractivity (Wildman–Crippen MR) is 100 cm³/mol. The lowest BCUT2D eigenvalue weighted by molar-refractivity contribution is -0.138. The van der Waals surface area contributed by atoms with Crippen LogP contribution in [0.2, 0.25) is 0 Å². The number of hydrogen-bond acceptors (Lipinski definition) is 3. The molecule has 32 heavy (non-hydrogen) atoms. The van der Waals surface area contributed by atoms with Crippen molar-refractivity contribution < 1.29 is 40.7 Å². The van der Waals surface area contributed by atoms with Crippen molar-refractivity contribution in [2.45, 2.75) is 13.1 Å². The molecule has 164 valence electrons. The van der Waals surface area contributed by atoms with E-state index < -0.39 is 52.5 Å². The van der Waals surface area contributed by atoms with Crippen molar-refractivity contribution in [2.24, 2.45) is 0 Å². The fourth-order valence-electron chi connectivity index (χ4n) is 3.30. The second kappa shape index (κ2) is 7.40. The molecule has 0 bridgehead atoms. The van der Waals surface area contributed by atoms with Crippen LogP contribution in [0.1, 0.15) is 31.8 Å². The summed E-state index contributed by atoms with van der Waals surface area (Å²) in [6, 6.07) is 7.73. The lowest BCUT2D eigenvalue weighted by Gasteiger charge is -2.19. The van der Waals surface area contributed by atoms with Crippen molar-refractivity contribution in [3.63, 3.8) is 0 Å². The summed E-state index contributed by atoms with van der Waals surface area (Å²) >= 11 is 0. The van der Waals surface area contributed by atoms with Crippen molar-refractivity contribution >= 4 is 17.5 Å². The van der Waals surface area contributed by atoms with Crippen LogP contribution in [0.4, 0.5) is 32.0 Å². The highest BCUT2D eigenvalue weighted by atomic mass is 19.4. The van der Waals surface area contributed by atoms with Gasteiger partial charge in [-0.1, -0.05) is 12.1 Å². The standard InChI is InChI=1S/C22H11F6NO3/c1-10-6-14(23)18(32-19-15(24)7-11(8-16(19)25)22(26,27)28)9-17(10)29-20(30)12-4-2-3-5-13(12)21(29)31/h2-9H,1H3. The van der Waals surface area contributed by atoms with Gasteiger partial charge in [0.15, 0.2) is 29.0 Å². The molecule has 3 aromatic rings. The number of fused-ring (bicyclic) bond motifs is 1. The number of amides is 2. The highest BCUT2D eigenvalue weighted by Gasteiger charge is 2.38. The molecule has 0 saturated heterocycles. The summed E-state index contributed by atoms with van der Waals surface area (Å²) in [7, 11) is 0. The van der Waals surface area contributed by atoms with Gasteiger partial charge in [0.25, 0.3) is 11.8 Å². The third-order valence-electron chi connectivity index (χ3n) is 4.82. The molecule has 2 amide bonds. The second-order valence-corrected chi connectivity index (χ2v) is 6.93. The van der Waals surface area contributed by atoms with E-state index in [1.165, 1.54) is 19.1 Å². The van der Waals surface area contributed by atoms with Crippen LogP contribution in [0.25, 0.3) is 0 Å². The monoisotopic (exact) mass is 451 g/mol. The molecule has 3 aromatic carbocycles. The molecule has 0 aromatic heterocycles. The average molecular weight is 451 g/mol. The van der Waals surface area contributed by atoms with Gasteiger partial charge in [-0.05, 0) is 42.8 Å². The van der Waals surface area contributed by atoms with Crippen molar-refractivity contribution in [3.05, 3.63) is 88.2 Å².